The van der Waals surface area contributed by atoms with Gasteiger partial charge in [0.2, 0.25) is 10.0 Å². The number of hydrogen-bond acceptors (Lipinski definition) is 5. The molecular weight excluding hydrogens is 408 g/mol. The fourth-order valence-corrected chi connectivity index (χ4v) is 5.74. The standard InChI is InChI=1S/C24H26N4O2S/c1-27-21-6-4-3-5-20(21)23-16-19(26-31(2,29)30)11-14-28(23)22-8-7-18(15-24(22)27)17-9-12-25-13-10-17/h3-10,12-13,15,19,23,26H,11,14,16H2,1-2H3/t19-,23+/m0/s1. The van der Waals surface area contributed by atoms with Gasteiger partial charge in [-0.2, -0.15) is 0 Å². The number of pyridine rings is 1. The van der Waals surface area contributed by atoms with Gasteiger partial charge in [-0.05, 0) is 59.9 Å². The first-order valence-corrected chi connectivity index (χ1v) is 12.4. The van der Waals surface area contributed by atoms with E-state index in [9.17, 15) is 8.42 Å². The lowest BCUT2D eigenvalue weighted by atomic mass is 9.91. The molecule has 0 bridgehead atoms. The molecule has 1 aromatic heterocycles. The minimum Gasteiger partial charge on any atom is -0.363 e. The molecule has 3 aromatic rings. The van der Waals surface area contributed by atoms with Crippen molar-refractivity contribution in [3.63, 3.8) is 0 Å². The first-order chi connectivity index (χ1) is 14.9. The summed E-state index contributed by atoms with van der Waals surface area (Å²) < 4.78 is 26.6. The number of fused-ring (bicyclic) bond motifs is 5. The highest BCUT2D eigenvalue weighted by atomic mass is 32.2. The van der Waals surface area contributed by atoms with Crippen molar-refractivity contribution >= 4 is 27.1 Å². The van der Waals surface area contributed by atoms with Crippen LogP contribution in [0, 0.1) is 0 Å². The van der Waals surface area contributed by atoms with Gasteiger partial charge in [0.25, 0.3) is 0 Å². The zero-order valence-electron chi connectivity index (χ0n) is 17.7. The second-order valence-corrected chi connectivity index (χ2v) is 10.2. The molecule has 2 aromatic carbocycles. The number of piperidine rings is 1. The van der Waals surface area contributed by atoms with Crippen LogP contribution in [0.1, 0.15) is 24.4 Å². The predicted molar refractivity (Wildman–Crippen MR) is 125 cm³/mol. The quantitative estimate of drug-likeness (QED) is 0.673. The van der Waals surface area contributed by atoms with E-state index in [0.29, 0.717) is 0 Å². The van der Waals surface area contributed by atoms with Gasteiger partial charge in [0.1, 0.15) is 0 Å². The highest BCUT2D eigenvalue weighted by Crippen LogP contribution is 2.48. The molecule has 0 aliphatic carbocycles. The average Bonchev–Trinajstić information content (AvgIpc) is 2.87. The number of nitrogens with zero attached hydrogens (tertiary/aromatic N) is 3. The van der Waals surface area contributed by atoms with Gasteiger partial charge >= 0.3 is 0 Å². The van der Waals surface area contributed by atoms with Crippen LogP contribution in [0.3, 0.4) is 0 Å². The van der Waals surface area contributed by atoms with Crippen LogP contribution < -0.4 is 14.5 Å². The van der Waals surface area contributed by atoms with Crippen molar-refractivity contribution in [2.75, 3.05) is 29.6 Å². The summed E-state index contributed by atoms with van der Waals surface area (Å²) >= 11 is 0. The van der Waals surface area contributed by atoms with Crippen LogP contribution in [-0.4, -0.2) is 39.3 Å². The smallest absolute Gasteiger partial charge is 0.208 e. The Balaban J connectivity index is 1.61. The number of rotatable bonds is 3. The van der Waals surface area contributed by atoms with Gasteiger partial charge in [0.05, 0.1) is 23.7 Å². The number of anilines is 3. The lowest BCUT2D eigenvalue weighted by Gasteiger charge is -2.41. The Morgan fingerprint density at radius 3 is 2.52 bits per heavy atom. The molecule has 0 amide bonds. The molecule has 0 saturated carbocycles. The Bertz CT molecular complexity index is 1210. The van der Waals surface area contributed by atoms with Crippen molar-refractivity contribution in [1.82, 2.24) is 9.71 Å². The molecule has 7 heteroatoms. The van der Waals surface area contributed by atoms with Crippen LogP contribution in [0.15, 0.2) is 67.0 Å². The molecule has 0 unspecified atom stereocenters. The lowest BCUT2D eigenvalue weighted by Crippen LogP contribution is -2.45. The summed E-state index contributed by atoms with van der Waals surface area (Å²) in [6.07, 6.45) is 6.39. The molecule has 160 valence electrons. The Morgan fingerprint density at radius 2 is 1.74 bits per heavy atom. The lowest BCUT2D eigenvalue weighted by molar-refractivity contribution is 0.397. The Labute approximate surface area is 183 Å². The van der Waals surface area contributed by atoms with Crippen molar-refractivity contribution in [1.29, 1.82) is 0 Å². The largest absolute Gasteiger partial charge is 0.363 e. The topological polar surface area (TPSA) is 65.5 Å². The second kappa shape index (κ2) is 7.66. The Hall–Kier alpha value is -2.90. The molecule has 0 radical (unpaired) electrons. The predicted octanol–water partition coefficient (Wildman–Crippen LogP) is 4.09. The van der Waals surface area contributed by atoms with E-state index in [1.165, 1.54) is 17.5 Å². The molecule has 5 rings (SSSR count). The van der Waals surface area contributed by atoms with Gasteiger partial charge in [0.15, 0.2) is 0 Å². The number of benzene rings is 2. The maximum atomic E-state index is 11.9. The molecule has 2 aliphatic rings. The molecule has 1 fully saturated rings. The van der Waals surface area contributed by atoms with E-state index >= 15 is 0 Å². The Kier molecular flexibility index (Phi) is 4.95. The molecular formula is C24H26N4O2S. The van der Waals surface area contributed by atoms with Gasteiger partial charge in [-0.15, -0.1) is 0 Å². The van der Waals surface area contributed by atoms with Gasteiger partial charge in [0, 0.05) is 37.7 Å². The maximum absolute atomic E-state index is 11.9. The summed E-state index contributed by atoms with van der Waals surface area (Å²) in [5, 5.41) is 0. The number of sulfonamides is 1. The fraction of sp³-hybridized carbons (Fsp3) is 0.292. The molecule has 2 aliphatic heterocycles. The summed E-state index contributed by atoms with van der Waals surface area (Å²) in [7, 11) is -1.13. The highest BCUT2D eigenvalue weighted by Gasteiger charge is 2.36. The summed E-state index contributed by atoms with van der Waals surface area (Å²) in [6.45, 7) is 0.793. The van der Waals surface area contributed by atoms with Crippen LogP contribution in [0.2, 0.25) is 0 Å². The van der Waals surface area contributed by atoms with E-state index in [0.717, 1.165) is 41.9 Å². The third-order valence-electron chi connectivity index (χ3n) is 6.30. The average molecular weight is 435 g/mol. The summed E-state index contributed by atoms with van der Waals surface area (Å²) in [4.78, 5) is 8.83. The van der Waals surface area contributed by atoms with Crippen molar-refractivity contribution in [2.45, 2.75) is 24.9 Å². The van der Waals surface area contributed by atoms with E-state index < -0.39 is 10.0 Å². The molecule has 2 atom stereocenters. The minimum atomic E-state index is -3.24. The fourth-order valence-electron chi connectivity index (χ4n) is 4.92. The number of hydrogen-bond donors (Lipinski definition) is 1. The molecule has 31 heavy (non-hydrogen) atoms. The van der Waals surface area contributed by atoms with Crippen LogP contribution in [0.5, 0.6) is 0 Å². The van der Waals surface area contributed by atoms with Crippen LogP contribution >= 0.6 is 0 Å². The van der Waals surface area contributed by atoms with Gasteiger partial charge in [-0.25, -0.2) is 13.1 Å². The zero-order chi connectivity index (χ0) is 21.6. The van der Waals surface area contributed by atoms with E-state index in [4.69, 9.17) is 0 Å². The second-order valence-electron chi connectivity index (χ2n) is 8.38. The van der Waals surface area contributed by atoms with Crippen LogP contribution in [0.4, 0.5) is 17.1 Å². The third-order valence-corrected chi connectivity index (χ3v) is 7.06. The monoisotopic (exact) mass is 434 g/mol. The van der Waals surface area contributed by atoms with E-state index in [2.05, 4.69) is 69.0 Å². The number of aromatic nitrogens is 1. The SMILES string of the molecule is CN1c2ccccc2[C@H]2C[C@@H](NS(C)(=O)=O)CCN2c2ccc(-c3ccncc3)cc21. The van der Waals surface area contributed by atoms with Gasteiger partial charge in [-0.3, -0.25) is 4.98 Å². The summed E-state index contributed by atoms with van der Waals surface area (Å²) in [6, 6.07) is 19.1. The third kappa shape index (κ3) is 3.79. The van der Waals surface area contributed by atoms with Crippen molar-refractivity contribution < 1.29 is 8.42 Å². The van der Waals surface area contributed by atoms with Gasteiger partial charge < -0.3 is 9.80 Å². The zero-order valence-corrected chi connectivity index (χ0v) is 18.5. The number of para-hydroxylation sites is 1. The van der Waals surface area contributed by atoms with Crippen molar-refractivity contribution in [3.8, 4) is 11.1 Å². The van der Waals surface area contributed by atoms with Crippen LogP contribution in [0.25, 0.3) is 11.1 Å². The van der Waals surface area contributed by atoms with Gasteiger partial charge in [-0.1, -0.05) is 24.3 Å². The van der Waals surface area contributed by atoms with Crippen LogP contribution in [-0.2, 0) is 10.0 Å². The van der Waals surface area contributed by atoms with E-state index in [-0.39, 0.29) is 12.1 Å². The highest BCUT2D eigenvalue weighted by molar-refractivity contribution is 7.88. The summed E-state index contributed by atoms with van der Waals surface area (Å²) in [5.41, 5.74) is 7.00. The normalized spacial score (nSPS) is 20.5. The molecule has 6 nitrogen and oxygen atoms in total. The molecule has 0 spiro atoms. The first kappa shape index (κ1) is 20.0. The van der Waals surface area contributed by atoms with E-state index in [1.807, 2.05) is 24.5 Å². The first-order valence-electron chi connectivity index (χ1n) is 10.5. The summed E-state index contributed by atoms with van der Waals surface area (Å²) in [5.74, 6) is 0. The Morgan fingerprint density at radius 1 is 0.968 bits per heavy atom. The molecule has 1 N–H and O–H groups in total. The molecule has 3 heterocycles. The van der Waals surface area contributed by atoms with Crippen molar-refractivity contribution in [3.05, 3.63) is 72.6 Å². The van der Waals surface area contributed by atoms with E-state index in [1.54, 1.807) is 0 Å². The number of nitrogens with one attached hydrogen (secondary N) is 1. The molecule has 1 saturated heterocycles. The minimum absolute atomic E-state index is 0.0627. The van der Waals surface area contributed by atoms with Crippen molar-refractivity contribution in [2.24, 2.45) is 0 Å². The maximum Gasteiger partial charge on any atom is 0.208 e.